The van der Waals surface area contributed by atoms with Gasteiger partial charge in [-0.05, 0) is 24.9 Å². The molecule has 1 saturated heterocycles. The summed E-state index contributed by atoms with van der Waals surface area (Å²) in [5, 5.41) is 4.83. The van der Waals surface area contributed by atoms with E-state index in [4.69, 9.17) is 4.98 Å². The van der Waals surface area contributed by atoms with E-state index in [0.717, 1.165) is 13.0 Å². The highest BCUT2D eigenvalue weighted by molar-refractivity contribution is 7.12. The number of hydrogen-bond donors (Lipinski definition) is 1. The number of benzene rings is 1. The zero-order valence-corrected chi connectivity index (χ0v) is 11.1. The summed E-state index contributed by atoms with van der Waals surface area (Å²) in [6.07, 6.45) is 3.66. The van der Waals surface area contributed by atoms with Crippen LogP contribution in [0.4, 0.5) is 0 Å². The second-order valence-corrected chi connectivity index (χ2v) is 6.32. The minimum Gasteiger partial charge on any atom is -0.316 e. The molecule has 1 aromatic heterocycles. The third kappa shape index (κ3) is 1.62. The van der Waals surface area contributed by atoms with Crippen molar-refractivity contribution in [3.8, 4) is 11.3 Å². The second kappa shape index (κ2) is 4.18. The Morgan fingerprint density at radius 1 is 1.28 bits per heavy atom. The highest BCUT2D eigenvalue weighted by Crippen LogP contribution is 2.41. The van der Waals surface area contributed by atoms with Crippen LogP contribution in [0.1, 0.15) is 34.2 Å². The summed E-state index contributed by atoms with van der Waals surface area (Å²) in [4.78, 5) is 6.40. The van der Waals surface area contributed by atoms with Gasteiger partial charge in [0.25, 0.3) is 0 Å². The van der Waals surface area contributed by atoms with Gasteiger partial charge in [-0.25, -0.2) is 4.98 Å². The van der Waals surface area contributed by atoms with Crippen molar-refractivity contribution in [1.82, 2.24) is 10.3 Å². The third-order valence-electron chi connectivity index (χ3n) is 3.98. The number of aromatic nitrogens is 1. The first-order valence-electron chi connectivity index (χ1n) is 6.70. The van der Waals surface area contributed by atoms with Gasteiger partial charge in [-0.1, -0.05) is 24.3 Å². The van der Waals surface area contributed by atoms with Gasteiger partial charge in [-0.3, -0.25) is 0 Å². The molecule has 0 saturated carbocycles. The fraction of sp³-hybridized carbons (Fsp3) is 0.400. The van der Waals surface area contributed by atoms with Gasteiger partial charge in [-0.2, -0.15) is 0 Å². The summed E-state index contributed by atoms with van der Waals surface area (Å²) < 4.78 is 0. The lowest BCUT2D eigenvalue weighted by Crippen LogP contribution is -2.28. The Balaban J connectivity index is 1.71. The van der Waals surface area contributed by atoms with Crippen LogP contribution in [0.25, 0.3) is 11.3 Å². The second-order valence-electron chi connectivity index (χ2n) is 5.20. The van der Waals surface area contributed by atoms with E-state index >= 15 is 0 Å². The minimum absolute atomic E-state index is 0.640. The third-order valence-corrected chi connectivity index (χ3v) is 5.20. The highest BCUT2D eigenvalue weighted by Gasteiger charge is 2.26. The molecule has 4 rings (SSSR count). The van der Waals surface area contributed by atoms with E-state index in [1.807, 2.05) is 11.3 Å². The summed E-state index contributed by atoms with van der Waals surface area (Å²) in [6.45, 7) is 2.28. The number of piperidine rings is 1. The van der Waals surface area contributed by atoms with Crippen LogP contribution in [-0.2, 0) is 6.42 Å². The Hall–Kier alpha value is -1.19. The Kier molecular flexibility index (Phi) is 2.49. The number of rotatable bonds is 1. The maximum atomic E-state index is 4.93. The van der Waals surface area contributed by atoms with Gasteiger partial charge in [0, 0.05) is 29.3 Å². The molecule has 0 amide bonds. The van der Waals surface area contributed by atoms with Crippen molar-refractivity contribution in [2.45, 2.75) is 25.2 Å². The molecule has 1 aliphatic carbocycles. The van der Waals surface area contributed by atoms with Crippen molar-refractivity contribution < 1.29 is 0 Å². The number of hydrogen-bond acceptors (Lipinski definition) is 3. The van der Waals surface area contributed by atoms with E-state index in [1.165, 1.54) is 46.1 Å². The van der Waals surface area contributed by atoms with Crippen molar-refractivity contribution in [3.05, 3.63) is 39.7 Å². The topological polar surface area (TPSA) is 24.9 Å². The number of nitrogens with one attached hydrogen (secondary N) is 1. The molecule has 2 aromatic rings. The molecule has 1 unspecified atom stereocenters. The molecule has 1 N–H and O–H groups in total. The van der Waals surface area contributed by atoms with Crippen molar-refractivity contribution in [2.75, 3.05) is 13.1 Å². The number of fused-ring (bicyclic) bond motifs is 3. The highest BCUT2D eigenvalue weighted by atomic mass is 32.1. The zero-order valence-electron chi connectivity index (χ0n) is 10.3. The van der Waals surface area contributed by atoms with Crippen molar-refractivity contribution >= 4 is 11.3 Å². The summed E-state index contributed by atoms with van der Waals surface area (Å²) in [5.74, 6) is 0.640. The molecule has 0 bridgehead atoms. The molecule has 1 aliphatic heterocycles. The first-order valence-corrected chi connectivity index (χ1v) is 7.52. The van der Waals surface area contributed by atoms with Gasteiger partial charge in [0.15, 0.2) is 0 Å². The van der Waals surface area contributed by atoms with E-state index in [2.05, 4.69) is 29.6 Å². The van der Waals surface area contributed by atoms with Gasteiger partial charge >= 0.3 is 0 Å². The normalized spacial score (nSPS) is 21.7. The maximum Gasteiger partial charge on any atom is 0.0979 e. The SMILES string of the molecule is c1ccc2c(c1)Cc1sc(C3CCCNC3)nc1-2. The average Bonchev–Trinajstić information content (AvgIpc) is 2.97. The van der Waals surface area contributed by atoms with Gasteiger partial charge in [0.05, 0.1) is 10.7 Å². The predicted molar refractivity (Wildman–Crippen MR) is 75.2 cm³/mol. The van der Waals surface area contributed by atoms with Gasteiger partial charge in [-0.15, -0.1) is 11.3 Å². The van der Waals surface area contributed by atoms with Gasteiger partial charge in [0.1, 0.15) is 0 Å². The zero-order chi connectivity index (χ0) is 11.9. The standard InChI is InChI=1S/C15H16N2S/c1-2-6-12-10(4-1)8-13-14(12)17-15(18-13)11-5-3-7-16-9-11/h1-2,4,6,11,16H,3,5,7-9H2. The monoisotopic (exact) mass is 256 g/mol. The first-order chi connectivity index (χ1) is 8.92. The Morgan fingerprint density at radius 2 is 2.22 bits per heavy atom. The molecular weight excluding hydrogens is 240 g/mol. The van der Waals surface area contributed by atoms with Crippen LogP contribution in [0, 0.1) is 0 Å². The fourth-order valence-corrected chi connectivity index (χ4v) is 4.25. The van der Waals surface area contributed by atoms with Crippen molar-refractivity contribution in [2.24, 2.45) is 0 Å². The van der Waals surface area contributed by atoms with Crippen LogP contribution < -0.4 is 5.32 Å². The maximum absolute atomic E-state index is 4.93. The molecule has 1 atom stereocenters. The number of thiazole rings is 1. The smallest absolute Gasteiger partial charge is 0.0979 e. The fourth-order valence-electron chi connectivity index (χ4n) is 3.02. The van der Waals surface area contributed by atoms with E-state index in [9.17, 15) is 0 Å². The van der Waals surface area contributed by atoms with Crippen LogP contribution >= 0.6 is 11.3 Å². The first kappa shape index (κ1) is 10.7. The van der Waals surface area contributed by atoms with Gasteiger partial charge in [0.2, 0.25) is 0 Å². The van der Waals surface area contributed by atoms with Crippen molar-refractivity contribution in [1.29, 1.82) is 0 Å². The lowest BCUT2D eigenvalue weighted by atomic mass is 10.0. The summed E-state index contributed by atoms with van der Waals surface area (Å²) in [6, 6.07) is 8.69. The molecule has 18 heavy (non-hydrogen) atoms. The van der Waals surface area contributed by atoms with E-state index in [0.29, 0.717) is 5.92 Å². The van der Waals surface area contributed by atoms with E-state index in [1.54, 1.807) is 0 Å². The Labute approximate surface area is 111 Å². The van der Waals surface area contributed by atoms with Crippen LogP contribution in [0.3, 0.4) is 0 Å². The summed E-state index contributed by atoms with van der Waals surface area (Å²) >= 11 is 1.93. The van der Waals surface area contributed by atoms with Crippen LogP contribution in [-0.4, -0.2) is 18.1 Å². The molecule has 2 heterocycles. The Morgan fingerprint density at radius 3 is 3.11 bits per heavy atom. The Bertz CT molecular complexity index is 582. The molecule has 3 heteroatoms. The molecule has 1 fully saturated rings. The van der Waals surface area contributed by atoms with E-state index in [-0.39, 0.29) is 0 Å². The average molecular weight is 256 g/mol. The molecule has 92 valence electrons. The van der Waals surface area contributed by atoms with E-state index < -0.39 is 0 Å². The van der Waals surface area contributed by atoms with Gasteiger partial charge < -0.3 is 5.32 Å². The predicted octanol–water partition coefficient (Wildman–Crippen LogP) is 3.18. The minimum atomic E-state index is 0.640. The van der Waals surface area contributed by atoms with Crippen LogP contribution in [0.2, 0.25) is 0 Å². The number of nitrogens with zero attached hydrogens (tertiary/aromatic N) is 1. The lowest BCUT2D eigenvalue weighted by Gasteiger charge is -2.20. The molecule has 0 radical (unpaired) electrons. The molecule has 2 nitrogen and oxygen atoms in total. The molecule has 0 spiro atoms. The summed E-state index contributed by atoms with van der Waals surface area (Å²) in [5.41, 5.74) is 4.06. The van der Waals surface area contributed by atoms with Crippen molar-refractivity contribution in [3.63, 3.8) is 0 Å². The lowest BCUT2D eigenvalue weighted by molar-refractivity contribution is 0.460. The molecular formula is C15H16N2S. The van der Waals surface area contributed by atoms with Crippen LogP contribution in [0.5, 0.6) is 0 Å². The largest absolute Gasteiger partial charge is 0.316 e. The molecule has 2 aliphatic rings. The quantitative estimate of drug-likeness (QED) is 0.723. The summed E-state index contributed by atoms with van der Waals surface area (Å²) in [7, 11) is 0. The molecule has 1 aromatic carbocycles. The van der Waals surface area contributed by atoms with Crippen LogP contribution in [0.15, 0.2) is 24.3 Å².